The molecule has 1 heterocycles. The van der Waals surface area contributed by atoms with Gasteiger partial charge in [0.2, 0.25) is 0 Å². The molecule has 0 aromatic heterocycles. The average Bonchev–Trinajstić information content (AvgIpc) is 2.12. The molecule has 1 aliphatic heterocycles. The van der Waals surface area contributed by atoms with Gasteiger partial charge in [-0.05, 0) is 12.1 Å². The Hall–Kier alpha value is -1.55. The smallest absolute Gasteiger partial charge is 0.271 e. The lowest BCUT2D eigenvalue weighted by molar-refractivity contribution is 0.0758. The number of fused-ring (bicyclic) bond motifs is 1. The van der Waals surface area contributed by atoms with E-state index in [2.05, 4.69) is 5.32 Å². The highest BCUT2D eigenvalue weighted by atomic mass is 16.2. The summed E-state index contributed by atoms with van der Waals surface area (Å²) in [6.45, 7) is 0.371. The lowest BCUT2D eigenvalue weighted by atomic mass is 10.1. The van der Waals surface area contributed by atoms with Gasteiger partial charge >= 0.3 is 0 Å². The maximum absolute atomic E-state index is 11.4. The number of nitrogens with one attached hydrogen (secondary N) is 1. The maximum Gasteiger partial charge on any atom is 0.271 e. The second-order valence-electron chi connectivity index (χ2n) is 2.66. The molecule has 62 valence electrons. The first-order chi connectivity index (χ1) is 5.79. The summed E-state index contributed by atoms with van der Waals surface area (Å²) in [4.78, 5) is 11.4. The van der Waals surface area contributed by atoms with Crippen molar-refractivity contribution in [2.24, 2.45) is 5.84 Å². The normalized spacial score (nSPS) is 15.4. The summed E-state index contributed by atoms with van der Waals surface area (Å²) < 4.78 is 0. The van der Waals surface area contributed by atoms with E-state index < -0.39 is 0 Å². The van der Waals surface area contributed by atoms with Gasteiger partial charge in [0, 0.05) is 5.69 Å². The Bertz CT molecular complexity index is 324. The minimum atomic E-state index is -0.135. The molecule has 0 bridgehead atoms. The highest BCUT2D eigenvalue weighted by molar-refractivity contribution is 6.00. The molecular weight excluding hydrogens is 154 g/mol. The predicted octanol–water partition coefficient (Wildman–Crippen LogP) is 0.385. The number of anilines is 1. The first-order valence-electron chi connectivity index (χ1n) is 3.68. The van der Waals surface area contributed by atoms with E-state index in [9.17, 15) is 4.79 Å². The third kappa shape index (κ3) is 0.931. The highest BCUT2D eigenvalue weighted by Crippen LogP contribution is 2.19. The van der Waals surface area contributed by atoms with Gasteiger partial charge in [-0.2, -0.15) is 0 Å². The van der Waals surface area contributed by atoms with Gasteiger partial charge in [0.05, 0.1) is 5.56 Å². The third-order valence-electron chi connectivity index (χ3n) is 1.86. The van der Waals surface area contributed by atoms with Crippen LogP contribution in [0.1, 0.15) is 10.4 Å². The fourth-order valence-corrected chi connectivity index (χ4v) is 1.22. The second-order valence-corrected chi connectivity index (χ2v) is 2.66. The van der Waals surface area contributed by atoms with Crippen LogP contribution in [0.2, 0.25) is 0 Å². The molecular formula is C8H9N3O. The van der Waals surface area contributed by atoms with Crippen LogP contribution < -0.4 is 11.2 Å². The lowest BCUT2D eigenvalue weighted by Crippen LogP contribution is -2.44. The van der Waals surface area contributed by atoms with Gasteiger partial charge in [-0.15, -0.1) is 0 Å². The minimum Gasteiger partial charge on any atom is -0.366 e. The molecule has 0 unspecified atom stereocenters. The van der Waals surface area contributed by atoms with Crippen molar-refractivity contribution in [3.05, 3.63) is 29.8 Å². The molecule has 4 heteroatoms. The molecule has 0 radical (unpaired) electrons. The molecule has 0 spiro atoms. The lowest BCUT2D eigenvalue weighted by Gasteiger charge is -2.25. The van der Waals surface area contributed by atoms with Crippen LogP contribution >= 0.6 is 0 Å². The number of nitrogens with zero attached hydrogens (tertiary/aromatic N) is 1. The van der Waals surface area contributed by atoms with Gasteiger partial charge in [-0.25, -0.2) is 5.84 Å². The van der Waals surface area contributed by atoms with Crippen LogP contribution in [-0.4, -0.2) is 17.6 Å². The number of hydrogen-bond acceptors (Lipinski definition) is 3. The van der Waals surface area contributed by atoms with Crippen molar-refractivity contribution in [1.29, 1.82) is 0 Å². The molecule has 1 amide bonds. The zero-order valence-electron chi connectivity index (χ0n) is 6.45. The number of hydrazine groups is 1. The minimum absolute atomic E-state index is 0.135. The van der Waals surface area contributed by atoms with E-state index in [0.717, 1.165) is 10.7 Å². The Kier molecular flexibility index (Phi) is 1.48. The van der Waals surface area contributed by atoms with Crippen molar-refractivity contribution in [2.75, 3.05) is 12.0 Å². The number of rotatable bonds is 0. The molecule has 3 N–H and O–H groups in total. The van der Waals surface area contributed by atoms with Crippen molar-refractivity contribution in [3.63, 3.8) is 0 Å². The van der Waals surface area contributed by atoms with Crippen LogP contribution in [0.4, 0.5) is 5.69 Å². The summed E-state index contributed by atoms with van der Waals surface area (Å²) in [6.07, 6.45) is 0. The van der Waals surface area contributed by atoms with Gasteiger partial charge in [-0.3, -0.25) is 9.80 Å². The Morgan fingerprint density at radius 1 is 1.42 bits per heavy atom. The Morgan fingerprint density at radius 2 is 2.17 bits per heavy atom. The zero-order chi connectivity index (χ0) is 8.55. The molecule has 4 nitrogen and oxygen atoms in total. The van der Waals surface area contributed by atoms with Crippen molar-refractivity contribution in [3.8, 4) is 0 Å². The van der Waals surface area contributed by atoms with Crippen LogP contribution in [0.25, 0.3) is 0 Å². The number of benzene rings is 1. The van der Waals surface area contributed by atoms with Crippen molar-refractivity contribution in [1.82, 2.24) is 5.01 Å². The Balaban J connectivity index is 2.49. The third-order valence-corrected chi connectivity index (χ3v) is 1.86. The molecule has 1 aliphatic rings. The summed E-state index contributed by atoms with van der Waals surface area (Å²) in [6, 6.07) is 7.31. The Morgan fingerprint density at radius 3 is 3.00 bits per heavy atom. The van der Waals surface area contributed by atoms with Gasteiger partial charge in [-0.1, -0.05) is 12.1 Å². The quantitative estimate of drug-likeness (QED) is 0.429. The topological polar surface area (TPSA) is 58.4 Å². The predicted molar refractivity (Wildman–Crippen MR) is 45.3 cm³/mol. The van der Waals surface area contributed by atoms with Gasteiger partial charge in [0.1, 0.15) is 6.67 Å². The standard InChI is InChI=1S/C8H9N3O/c9-11-5-10-7-4-2-1-3-6(7)8(11)12/h1-4,10H,5,9H2. The molecule has 2 rings (SSSR count). The number of para-hydroxylation sites is 1. The van der Waals surface area contributed by atoms with Crippen molar-refractivity contribution >= 4 is 11.6 Å². The van der Waals surface area contributed by atoms with Crippen molar-refractivity contribution in [2.45, 2.75) is 0 Å². The molecule has 0 atom stereocenters. The SMILES string of the molecule is NN1CNc2ccccc2C1=O. The van der Waals surface area contributed by atoms with E-state index in [1.807, 2.05) is 18.2 Å². The summed E-state index contributed by atoms with van der Waals surface area (Å²) in [5.41, 5.74) is 1.48. The molecule has 12 heavy (non-hydrogen) atoms. The highest BCUT2D eigenvalue weighted by Gasteiger charge is 2.20. The van der Waals surface area contributed by atoms with E-state index in [0.29, 0.717) is 12.2 Å². The molecule has 0 saturated carbocycles. The van der Waals surface area contributed by atoms with E-state index in [4.69, 9.17) is 5.84 Å². The summed E-state index contributed by atoms with van der Waals surface area (Å²) >= 11 is 0. The number of carbonyl (C=O) groups excluding carboxylic acids is 1. The molecule has 1 aromatic carbocycles. The first-order valence-corrected chi connectivity index (χ1v) is 3.68. The number of hydrogen-bond donors (Lipinski definition) is 2. The van der Waals surface area contributed by atoms with E-state index in [1.165, 1.54) is 0 Å². The number of amides is 1. The summed E-state index contributed by atoms with van der Waals surface area (Å²) in [7, 11) is 0. The van der Waals surface area contributed by atoms with Gasteiger partial charge in [0.15, 0.2) is 0 Å². The fraction of sp³-hybridized carbons (Fsp3) is 0.125. The van der Waals surface area contributed by atoms with E-state index in [-0.39, 0.29) is 5.91 Å². The second kappa shape index (κ2) is 2.49. The van der Waals surface area contributed by atoms with E-state index >= 15 is 0 Å². The maximum atomic E-state index is 11.4. The molecule has 0 aliphatic carbocycles. The summed E-state index contributed by atoms with van der Waals surface area (Å²) in [5.74, 6) is 5.28. The molecule has 1 aromatic rings. The van der Waals surface area contributed by atoms with Gasteiger partial charge in [0.25, 0.3) is 5.91 Å². The zero-order valence-corrected chi connectivity index (χ0v) is 6.45. The summed E-state index contributed by atoms with van der Waals surface area (Å²) in [5, 5.41) is 4.18. The number of carbonyl (C=O) groups is 1. The largest absolute Gasteiger partial charge is 0.366 e. The Labute approximate surface area is 69.9 Å². The van der Waals surface area contributed by atoms with Crippen LogP contribution in [0.15, 0.2) is 24.3 Å². The van der Waals surface area contributed by atoms with E-state index in [1.54, 1.807) is 6.07 Å². The molecule has 0 saturated heterocycles. The van der Waals surface area contributed by atoms with Crippen LogP contribution in [0.3, 0.4) is 0 Å². The van der Waals surface area contributed by atoms with Crippen molar-refractivity contribution < 1.29 is 4.79 Å². The average molecular weight is 163 g/mol. The fourth-order valence-electron chi connectivity index (χ4n) is 1.22. The van der Waals surface area contributed by atoms with Crippen LogP contribution in [-0.2, 0) is 0 Å². The van der Waals surface area contributed by atoms with Crippen LogP contribution in [0.5, 0.6) is 0 Å². The van der Waals surface area contributed by atoms with Crippen LogP contribution in [0, 0.1) is 0 Å². The molecule has 0 fully saturated rings. The monoisotopic (exact) mass is 163 g/mol. The first kappa shape index (κ1) is 7.12. The van der Waals surface area contributed by atoms with Gasteiger partial charge < -0.3 is 5.32 Å². The number of nitrogens with two attached hydrogens (primary N) is 1.